The molecule has 1 saturated heterocycles. The van der Waals surface area contributed by atoms with Crippen LogP contribution in [0.15, 0.2) is 4.99 Å². The number of amides is 4. The van der Waals surface area contributed by atoms with Crippen LogP contribution < -0.4 is 33.6 Å². The maximum atomic E-state index is 13.2. The van der Waals surface area contributed by atoms with Crippen molar-refractivity contribution < 1.29 is 29.1 Å². The van der Waals surface area contributed by atoms with E-state index in [9.17, 15) is 24.0 Å². The van der Waals surface area contributed by atoms with Crippen LogP contribution in [0.2, 0.25) is 0 Å². The lowest BCUT2D eigenvalue weighted by molar-refractivity contribution is -0.144. The highest BCUT2D eigenvalue weighted by Gasteiger charge is 2.38. The first-order valence-corrected chi connectivity index (χ1v) is 10.7. The molecular weight excluding hydrogens is 436 g/mol. The van der Waals surface area contributed by atoms with Gasteiger partial charge in [-0.1, -0.05) is 0 Å². The zero-order valence-corrected chi connectivity index (χ0v) is 18.7. The van der Waals surface area contributed by atoms with Crippen molar-refractivity contribution in [2.45, 2.75) is 69.6 Å². The third kappa shape index (κ3) is 9.31. The van der Waals surface area contributed by atoms with E-state index < -0.39 is 53.8 Å². The van der Waals surface area contributed by atoms with Crippen LogP contribution in [0, 0.1) is 0 Å². The minimum absolute atomic E-state index is 0.0118. The number of aliphatic imine (C=N–C) groups is 1. The van der Waals surface area contributed by atoms with Crippen LogP contribution in [0.4, 0.5) is 0 Å². The smallest absolute Gasteiger partial charge is 0.325 e. The molecule has 33 heavy (non-hydrogen) atoms. The Kier molecular flexibility index (Phi) is 11.0. The molecule has 14 nitrogen and oxygen atoms in total. The second-order valence-corrected chi connectivity index (χ2v) is 7.88. The number of likely N-dealkylation sites (tertiary alicyclic amines) is 1. The summed E-state index contributed by atoms with van der Waals surface area (Å²) in [4.78, 5) is 65.4. The van der Waals surface area contributed by atoms with Crippen molar-refractivity contribution in [1.82, 2.24) is 15.5 Å². The van der Waals surface area contributed by atoms with E-state index in [1.807, 2.05) is 0 Å². The number of carbonyl (C=O) groups is 5. The minimum Gasteiger partial charge on any atom is -0.480 e. The molecule has 11 N–H and O–H groups in total. The molecule has 0 aromatic carbocycles. The van der Waals surface area contributed by atoms with Crippen LogP contribution in [-0.4, -0.2) is 82.8 Å². The van der Waals surface area contributed by atoms with Gasteiger partial charge in [-0.25, -0.2) is 0 Å². The summed E-state index contributed by atoms with van der Waals surface area (Å²) in [6.07, 6.45) is 1.34. The molecule has 4 amide bonds. The number of carboxylic acid groups (broad SMARTS) is 1. The Morgan fingerprint density at radius 2 is 1.79 bits per heavy atom. The Hall–Kier alpha value is -3.42. The molecule has 0 aliphatic carbocycles. The lowest BCUT2D eigenvalue weighted by atomic mass is 10.1. The molecule has 0 aromatic rings. The molecule has 0 spiro atoms. The second kappa shape index (κ2) is 13.2. The molecule has 1 heterocycles. The van der Waals surface area contributed by atoms with Gasteiger partial charge in [0.2, 0.25) is 23.6 Å². The molecule has 0 aromatic heterocycles. The fourth-order valence-electron chi connectivity index (χ4n) is 3.34. The van der Waals surface area contributed by atoms with Crippen molar-refractivity contribution in [2.75, 3.05) is 13.1 Å². The summed E-state index contributed by atoms with van der Waals surface area (Å²) in [5.41, 5.74) is 21.5. The van der Waals surface area contributed by atoms with Gasteiger partial charge in [0.15, 0.2) is 5.96 Å². The van der Waals surface area contributed by atoms with Gasteiger partial charge in [0.05, 0.1) is 6.04 Å². The van der Waals surface area contributed by atoms with Gasteiger partial charge < -0.3 is 43.6 Å². The van der Waals surface area contributed by atoms with Crippen molar-refractivity contribution >= 4 is 35.6 Å². The monoisotopic (exact) mass is 470 g/mol. The van der Waals surface area contributed by atoms with E-state index in [1.54, 1.807) is 0 Å². The van der Waals surface area contributed by atoms with E-state index in [1.165, 1.54) is 11.8 Å². The van der Waals surface area contributed by atoms with Crippen LogP contribution in [0.1, 0.15) is 45.4 Å². The van der Waals surface area contributed by atoms with E-state index >= 15 is 0 Å². The van der Waals surface area contributed by atoms with E-state index in [-0.39, 0.29) is 38.3 Å². The fourth-order valence-corrected chi connectivity index (χ4v) is 3.34. The number of nitrogens with one attached hydrogen (secondary N) is 2. The average Bonchev–Trinajstić information content (AvgIpc) is 3.23. The molecule has 0 saturated carbocycles. The maximum Gasteiger partial charge on any atom is 0.325 e. The van der Waals surface area contributed by atoms with Gasteiger partial charge in [-0.15, -0.1) is 0 Å². The number of carboxylic acids is 1. The van der Waals surface area contributed by atoms with Crippen LogP contribution in [-0.2, 0) is 24.0 Å². The summed E-state index contributed by atoms with van der Waals surface area (Å²) in [6.45, 7) is 1.81. The number of nitrogens with zero attached hydrogens (tertiary/aromatic N) is 2. The van der Waals surface area contributed by atoms with Gasteiger partial charge in [-0.05, 0) is 39.0 Å². The summed E-state index contributed by atoms with van der Waals surface area (Å²) < 4.78 is 0. The zero-order valence-electron chi connectivity index (χ0n) is 18.7. The predicted molar refractivity (Wildman–Crippen MR) is 118 cm³/mol. The number of guanidine groups is 1. The highest BCUT2D eigenvalue weighted by atomic mass is 16.4. The maximum absolute atomic E-state index is 13.2. The van der Waals surface area contributed by atoms with E-state index in [4.69, 9.17) is 28.0 Å². The summed E-state index contributed by atoms with van der Waals surface area (Å²) in [7, 11) is 0. The van der Waals surface area contributed by atoms with Crippen molar-refractivity contribution in [3.05, 3.63) is 0 Å². The van der Waals surface area contributed by atoms with Gasteiger partial charge in [-0.3, -0.25) is 29.0 Å². The molecular formula is C19H34N8O6. The Balaban J connectivity index is 2.92. The first kappa shape index (κ1) is 27.6. The Morgan fingerprint density at radius 1 is 1.12 bits per heavy atom. The molecule has 0 radical (unpaired) electrons. The first-order chi connectivity index (χ1) is 15.4. The Labute approximate surface area is 191 Å². The number of aliphatic carboxylic acids is 1. The van der Waals surface area contributed by atoms with Gasteiger partial charge in [0.1, 0.15) is 18.1 Å². The van der Waals surface area contributed by atoms with Crippen LogP contribution >= 0.6 is 0 Å². The average molecular weight is 471 g/mol. The SMILES string of the molecule is CC(NC(=O)C1CCCN1C(=O)C(CCCN=C(N)N)NC(=O)C(N)CCC(N)=O)C(=O)O. The Morgan fingerprint density at radius 3 is 2.36 bits per heavy atom. The van der Waals surface area contributed by atoms with E-state index in [2.05, 4.69) is 15.6 Å². The molecule has 1 aliphatic rings. The molecule has 0 bridgehead atoms. The standard InChI is InChI=1S/C19H34N8O6/c1-10(18(32)33)25-16(30)13-5-3-9-27(13)17(31)12(4-2-8-24-19(22)23)26-15(29)11(20)6-7-14(21)28/h10-13H,2-9,20H2,1H3,(H2,21,28)(H,25,30)(H,26,29)(H,32,33)(H4,22,23,24). The third-order valence-corrected chi connectivity index (χ3v) is 5.17. The molecule has 186 valence electrons. The lowest BCUT2D eigenvalue weighted by Crippen LogP contribution is -2.56. The molecule has 1 fully saturated rings. The molecule has 1 aliphatic heterocycles. The third-order valence-electron chi connectivity index (χ3n) is 5.17. The Bertz CT molecular complexity index is 769. The fraction of sp³-hybridized carbons (Fsp3) is 0.684. The van der Waals surface area contributed by atoms with Crippen LogP contribution in [0.5, 0.6) is 0 Å². The van der Waals surface area contributed by atoms with Gasteiger partial charge in [-0.2, -0.15) is 0 Å². The number of hydrogen-bond donors (Lipinski definition) is 7. The summed E-state index contributed by atoms with van der Waals surface area (Å²) >= 11 is 0. The number of hydrogen-bond acceptors (Lipinski definition) is 7. The number of carbonyl (C=O) groups excluding carboxylic acids is 4. The number of nitrogens with two attached hydrogens (primary N) is 4. The molecule has 1 rings (SSSR count). The number of primary amides is 1. The minimum atomic E-state index is -1.20. The summed E-state index contributed by atoms with van der Waals surface area (Å²) in [6, 6.07) is -4.05. The quantitative estimate of drug-likeness (QED) is 0.0807. The highest BCUT2D eigenvalue weighted by molar-refractivity contribution is 5.94. The normalized spacial score (nSPS) is 18.0. The lowest BCUT2D eigenvalue weighted by Gasteiger charge is -2.29. The zero-order chi connectivity index (χ0) is 25.1. The topological polar surface area (TPSA) is 249 Å². The van der Waals surface area contributed by atoms with Crippen LogP contribution in [0.25, 0.3) is 0 Å². The van der Waals surface area contributed by atoms with Crippen molar-refractivity contribution in [3.63, 3.8) is 0 Å². The molecule has 4 atom stereocenters. The van der Waals surface area contributed by atoms with Crippen LogP contribution in [0.3, 0.4) is 0 Å². The second-order valence-electron chi connectivity index (χ2n) is 7.88. The molecule has 14 heteroatoms. The predicted octanol–water partition coefficient (Wildman–Crippen LogP) is -3.30. The largest absolute Gasteiger partial charge is 0.480 e. The van der Waals surface area contributed by atoms with Crippen molar-refractivity contribution in [1.29, 1.82) is 0 Å². The first-order valence-electron chi connectivity index (χ1n) is 10.7. The van der Waals surface area contributed by atoms with E-state index in [0.717, 1.165) is 0 Å². The van der Waals surface area contributed by atoms with Gasteiger partial charge in [0.25, 0.3) is 0 Å². The van der Waals surface area contributed by atoms with E-state index in [0.29, 0.717) is 19.3 Å². The van der Waals surface area contributed by atoms with Crippen molar-refractivity contribution in [2.24, 2.45) is 27.9 Å². The summed E-state index contributed by atoms with van der Waals surface area (Å²) in [5.74, 6) is -3.65. The van der Waals surface area contributed by atoms with Crippen molar-refractivity contribution in [3.8, 4) is 0 Å². The molecule has 4 unspecified atom stereocenters. The number of rotatable bonds is 13. The highest BCUT2D eigenvalue weighted by Crippen LogP contribution is 2.20. The van der Waals surface area contributed by atoms with Gasteiger partial charge in [0, 0.05) is 19.5 Å². The van der Waals surface area contributed by atoms with Gasteiger partial charge >= 0.3 is 5.97 Å². The summed E-state index contributed by atoms with van der Waals surface area (Å²) in [5, 5.41) is 14.0.